The number of carbonyl (C=O) groups excluding carboxylic acids is 1. The van der Waals surface area contributed by atoms with Crippen LogP contribution in [0.5, 0.6) is 5.75 Å². The monoisotopic (exact) mass is 502 g/mol. The van der Waals surface area contributed by atoms with Gasteiger partial charge in [0.05, 0.1) is 24.5 Å². The van der Waals surface area contributed by atoms with Crippen LogP contribution in [0.4, 0.5) is 28.0 Å². The molecule has 0 spiro atoms. The van der Waals surface area contributed by atoms with Gasteiger partial charge in [-0.2, -0.15) is 18.3 Å². The molecule has 0 radical (unpaired) electrons. The van der Waals surface area contributed by atoms with Gasteiger partial charge in [-0.1, -0.05) is 17.7 Å². The molecule has 1 heterocycles. The van der Waals surface area contributed by atoms with E-state index in [-0.39, 0.29) is 36.0 Å². The van der Waals surface area contributed by atoms with Crippen LogP contribution in [0.1, 0.15) is 11.4 Å². The first-order chi connectivity index (χ1) is 16.1. The third-order valence-corrected chi connectivity index (χ3v) is 4.62. The summed E-state index contributed by atoms with van der Waals surface area (Å²) in [5, 5.41) is 26.6. The lowest BCUT2D eigenvalue weighted by Crippen LogP contribution is -2.29. The summed E-state index contributed by atoms with van der Waals surface area (Å²) in [6, 6.07) is 9.50. The Labute approximate surface area is 195 Å². The fourth-order valence-electron chi connectivity index (χ4n) is 2.80. The first-order valence-corrected chi connectivity index (χ1v) is 10.1. The molecule has 0 aliphatic rings. The highest BCUT2D eigenvalue weighted by Gasteiger charge is 2.35. The minimum atomic E-state index is -4.70. The Hall–Kier alpha value is -3.35. The second kappa shape index (κ2) is 10.7. The topological polar surface area (TPSA) is 109 Å². The van der Waals surface area contributed by atoms with E-state index in [1.165, 1.54) is 24.3 Å². The van der Waals surface area contributed by atoms with Crippen LogP contribution in [-0.2, 0) is 12.7 Å². The maximum absolute atomic E-state index is 14.1. The number of hydrogen-bond acceptors (Lipinski definition) is 5. The van der Waals surface area contributed by atoms with Gasteiger partial charge < -0.3 is 25.6 Å². The lowest BCUT2D eigenvalue weighted by Gasteiger charge is -2.12. The zero-order valence-corrected chi connectivity index (χ0v) is 18.1. The van der Waals surface area contributed by atoms with E-state index in [0.29, 0.717) is 5.02 Å². The number of rotatable bonds is 8. The number of nitrogens with zero attached hydrogens (tertiary/aromatic N) is 2. The minimum absolute atomic E-state index is 0.0297. The van der Waals surface area contributed by atoms with Crippen molar-refractivity contribution in [2.75, 3.05) is 18.5 Å². The number of carbonyl (C=O) groups is 1. The summed E-state index contributed by atoms with van der Waals surface area (Å²) in [6.45, 7) is -1.22. The van der Waals surface area contributed by atoms with Crippen molar-refractivity contribution in [2.24, 2.45) is 0 Å². The van der Waals surface area contributed by atoms with Crippen molar-refractivity contribution >= 4 is 23.3 Å². The van der Waals surface area contributed by atoms with Crippen LogP contribution in [-0.4, -0.2) is 45.3 Å². The predicted octanol–water partition coefficient (Wildman–Crippen LogP) is 3.74. The summed E-state index contributed by atoms with van der Waals surface area (Å²) in [5.41, 5.74) is -0.802. The first kappa shape index (κ1) is 25.3. The van der Waals surface area contributed by atoms with Gasteiger partial charge in [0.25, 0.3) is 0 Å². The summed E-state index contributed by atoms with van der Waals surface area (Å²) in [7, 11) is 0. The van der Waals surface area contributed by atoms with Gasteiger partial charge in [0.1, 0.15) is 12.7 Å². The molecule has 182 valence electrons. The van der Waals surface area contributed by atoms with E-state index in [2.05, 4.69) is 15.7 Å². The molecule has 0 aliphatic heterocycles. The molecule has 13 heteroatoms. The number of aliphatic hydroxyl groups is 2. The van der Waals surface area contributed by atoms with Crippen LogP contribution < -0.4 is 15.4 Å². The van der Waals surface area contributed by atoms with Gasteiger partial charge in [0.2, 0.25) is 0 Å². The Morgan fingerprint density at radius 3 is 2.62 bits per heavy atom. The quantitative estimate of drug-likeness (QED) is 0.351. The number of ether oxygens (including phenoxy) is 1. The van der Waals surface area contributed by atoms with Gasteiger partial charge in [-0.05, 0) is 36.4 Å². The number of aromatic nitrogens is 2. The van der Waals surface area contributed by atoms with Gasteiger partial charge in [0, 0.05) is 16.8 Å². The number of aliphatic hydroxyl groups excluding tert-OH is 2. The van der Waals surface area contributed by atoms with E-state index in [9.17, 15) is 27.5 Å². The fraction of sp³-hybridized carbons (Fsp3) is 0.238. The highest BCUT2D eigenvalue weighted by atomic mass is 35.5. The van der Waals surface area contributed by atoms with E-state index < -0.39 is 36.4 Å². The number of nitrogens with one attached hydrogen (secondary N) is 2. The number of hydrogen-bond donors (Lipinski definition) is 4. The average molecular weight is 503 g/mol. The Morgan fingerprint density at radius 1 is 1.21 bits per heavy atom. The number of benzene rings is 2. The first-order valence-electron chi connectivity index (χ1n) is 9.75. The Morgan fingerprint density at radius 2 is 1.97 bits per heavy atom. The van der Waals surface area contributed by atoms with Crippen molar-refractivity contribution in [2.45, 2.75) is 18.8 Å². The Bertz CT molecular complexity index is 1160. The zero-order valence-electron chi connectivity index (χ0n) is 17.3. The van der Waals surface area contributed by atoms with Crippen molar-refractivity contribution in [3.8, 4) is 11.4 Å². The molecule has 1 aromatic heterocycles. The summed E-state index contributed by atoms with van der Waals surface area (Å²) < 4.78 is 59.7. The number of urea groups is 1. The molecule has 0 bridgehead atoms. The molecular formula is C21H19ClF4N4O4. The fourth-order valence-corrected chi connectivity index (χ4v) is 2.98. The highest BCUT2D eigenvalue weighted by Crippen LogP contribution is 2.30. The number of alkyl halides is 3. The molecule has 0 saturated heterocycles. The Balaban J connectivity index is 1.69. The largest absolute Gasteiger partial charge is 0.488 e. The van der Waals surface area contributed by atoms with Crippen molar-refractivity contribution < 1.29 is 37.3 Å². The van der Waals surface area contributed by atoms with E-state index in [0.717, 1.165) is 16.8 Å². The SMILES string of the molecule is O=C(NCc1cc(C(F)(F)F)nn1-c1cccc(Cl)c1)Nc1ccc(OCC(O)CO)c(F)c1. The number of amides is 2. The second-order valence-corrected chi connectivity index (χ2v) is 7.45. The third-order valence-electron chi connectivity index (χ3n) is 4.39. The Kier molecular flexibility index (Phi) is 7.97. The molecule has 34 heavy (non-hydrogen) atoms. The van der Waals surface area contributed by atoms with Gasteiger partial charge in [0.15, 0.2) is 17.3 Å². The van der Waals surface area contributed by atoms with E-state index >= 15 is 0 Å². The molecule has 2 amide bonds. The number of halogens is 5. The van der Waals surface area contributed by atoms with Crippen molar-refractivity contribution in [1.29, 1.82) is 0 Å². The molecule has 1 unspecified atom stereocenters. The van der Waals surface area contributed by atoms with Gasteiger partial charge >= 0.3 is 12.2 Å². The molecular weight excluding hydrogens is 484 g/mol. The molecule has 1 atom stereocenters. The van der Waals surface area contributed by atoms with E-state index in [4.69, 9.17) is 21.4 Å². The maximum Gasteiger partial charge on any atom is 0.435 e. The van der Waals surface area contributed by atoms with Crippen LogP contribution in [0.3, 0.4) is 0 Å². The van der Waals surface area contributed by atoms with Gasteiger partial charge in [-0.3, -0.25) is 0 Å². The molecule has 0 saturated carbocycles. The molecule has 3 aromatic rings. The molecule has 0 aliphatic carbocycles. The summed E-state index contributed by atoms with van der Waals surface area (Å²) in [4.78, 5) is 12.2. The van der Waals surface area contributed by atoms with Gasteiger partial charge in [-0.25, -0.2) is 13.9 Å². The summed E-state index contributed by atoms with van der Waals surface area (Å²) in [5.74, 6) is -1.04. The van der Waals surface area contributed by atoms with Crippen LogP contribution in [0.15, 0.2) is 48.5 Å². The molecule has 3 rings (SSSR count). The summed E-state index contributed by atoms with van der Waals surface area (Å²) in [6.07, 6.45) is -5.88. The van der Waals surface area contributed by atoms with Crippen LogP contribution >= 0.6 is 11.6 Å². The smallest absolute Gasteiger partial charge is 0.435 e. The zero-order chi connectivity index (χ0) is 24.9. The van der Waals surface area contributed by atoms with Gasteiger partial charge in [-0.15, -0.1) is 0 Å². The van der Waals surface area contributed by atoms with Crippen molar-refractivity contribution in [3.05, 3.63) is 70.8 Å². The molecule has 4 N–H and O–H groups in total. The minimum Gasteiger partial charge on any atom is -0.488 e. The van der Waals surface area contributed by atoms with Crippen LogP contribution in [0.25, 0.3) is 5.69 Å². The normalized spacial score (nSPS) is 12.3. The third kappa shape index (κ3) is 6.59. The van der Waals surface area contributed by atoms with Crippen LogP contribution in [0.2, 0.25) is 5.02 Å². The molecule has 2 aromatic carbocycles. The predicted molar refractivity (Wildman–Crippen MR) is 114 cm³/mol. The maximum atomic E-state index is 14.1. The van der Waals surface area contributed by atoms with E-state index in [1.807, 2.05) is 0 Å². The standard InChI is InChI=1S/C21H19ClF4N4O4/c22-12-2-1-3-14(6-12)30-15(8-19(29-30)21(24,25)26)9-27-20(33)28-13-4-5-18(17(23)7-13)34-11-16(32)10-31/h1-8,16,31-32H,9-11H2,(H2,27,28,33). The second-order valence-electron chi connectivity index (χ2n) is 7.01. The summed E-state index contributed by atoms with van der Waals surface area (Å²) >= 11 is 5.92. The van der Waals surface area contributed by atoms with Crippen molar-refractivity contribution in [3.63, 3.8) is 0 Å². The lowest BCUT2D eigenvalue weighted by molar-refractivity contribution is -0.141. The van der Waals surface area contributed by atoms with E-state index in [1.54, 1.807) is 12.1 Å². The average Bonchev–Trinajstić information content (AvgIpc) is 3.22. The lowest BCUT2D eigenvalue weighted by atomic mass is 10.3. The molecule has 0 fully saturated rings. The number of anilines is 1. The van der Waals surface area contributed by atoms with Crippen LogP contribution in [0, 0.1) is 5.82 Å². The molecule has 8 nitrogen and oxygen atoms in total. The van der Waals surface area contributed by atoms with Crippen molar-refractivity contribution in [1.82, 2.24) is 15.1 Å². The highest BCUT2D eigenvalue weighted by molar-refractivity contribution is 6.30.